The summed E-state index contributed by atoms with van der Waals surface area (Å²) in [6, 6.07) is 9.46. The molecule has 0 aliphatic rings. The maximum Gasteiger partial charge on any atom is 0.343 e. The van der Waals surface area contributed by atoms with Gasteiger partial charge < -0.3 is 15.4 Å². The van der Waals surface area contributed by atoms with Crippen LogP contribution >= 0.6 is 0 Å². The Labute approximate surface area is 163 Å². The zero-order valence-corrected chi connectivity index (χ0v) is 16.3. The number of benzene rings is 1. The Kier molecular flexibility index (Phi) is 5.78. The Morgan fingerprint density at radius 3 is 2.36 bits per heavy atom. The van der Waals surface area contributed by atoms with Gasteiger partial charge in [0, 0.05) is 29.0 Å². The van der Waals surface area contributed by atoms with Gasteiger partial charge in [0.1, 0.15) is 17.2 Å². The van der Waals surface area contributed by atoms with E-state index in [2.05, 4.69) is 30.6 Å². The number of ether oxygens (including phenoxy) is 1. The number of anilines is 4. The van der Waals surface area contributed by atoms with Gasteiger partial charge in [0.15, 0.2) is 0 Å². The molecule has 8 nitrogen and oxygen atoms in total. The first kappa shape index (κ1) is 19.2. The van der Waals surface area contributed by atoms with Gasteiger partial charge in [-0.15, -0.1) is 0 Å². The van der Waals surface area contributed by atoms with E-state index in [1.165, 1.54) is 6.20 Å². The second-order valence-electron chi connectivity index (χ2n) is 6.21. The van der Waals surface area contributed by atoms with Crippen LogP contribution in [0.2, 0.25) is 0 Å². The molecule has 0 unspecified atom stereocenters. The maximum atomic E-state index is 12.2. The highest BCUT2D eigenvalue weighted by molar-refractivity contribution is 5.95. The molecule has 0 amide bonds. The fraction of sp³-hybridized carbons (Fsp3) is 0.250. The molecule has 8 heteroatoms. The molecule has 0 radical (unpaired) electrons. The van der Waals surface area contributed by atoms with Crippen LogP contribution in [0, 0.1) is 20.8 Å². The molecule has 0 bridgehead atoms. The first-order valence-corrected chi connectivity index (χ1v) is 8.91. The molecular formula is C20H22N6O2. The van der Waals surface area contributed by atoms with Crippen LogP contribution in [-0.4, -0.2) is 32.5 Å². The van der Waals surface area contributed by atoms with E-state index in [4.69, 9.17) is 4.74 Å². The average molecular weight is 378 g/mol. The van der Waals surface area contributed by atoms with E-state index < -0.39 is 5.97 Å². The van der Waals surface area contributed by atoms with Crippen molar-refractivity contribution in [2.24, 2.45) is 0 Å². The van der Waals surface area contributed by atoms with Crippen molar-refractivity contribution in [1.82, 2.24) is 19.9 Å². The van der Waals surface area contributed by atoms with Crippen LogP contribution in [0.15, 0.2) is 36.5 Å². The van der Waals surface area contributed by atoms with Gasteiger partial charge in [0.25, 0.3) is 0 Å². The summed E-state index contributed by atoms with van der Waals surface area (Å²) in [5, 5.41) is 6.36. The van der Waals surface area contributed by atoms with Gasteiger partial charge in [-0.05, 0) is 52.0 Å². The van der Waals surface area contributed by atoms with E-state index in [1.807, 2.05) is 44.2 Å². The zero-order valence-electron chi connectivity index (χ0n) is 16.3. The van der Waals surface area contributed by atoms with Gasteiger partial charge in [-0.3, -0.25) is 0 Å². The number of carbonyl (C=O) groups excluding carboxylic acids is 1. The van der Waals surface area contributed by atoms with E-state index in [0.717, 1.165) is 22.8 Å². The van der Waals surface area contributed by atoms with Gasteiger partial charge in [0.05, 0.1) is 6.61 Å². The van der Waals surface area contributed by atoms with E-state index in [-0.39, 0.29) is 12.2 Å². The van der Waals surface area contributed by atoms with Gasteiger partial charge in [0.2, 0.25) is 5.95 Å². The number of nitrogens with one attached hydrogen (secondary N) is 2. The summed E-state index contributed by atoms with van der Waals surface area (Å²) in [5.74, 6) is 1.00. The molecule has 3 rings (SSSR count). The number of aryl methyl sites for hydroxylation is 3. The van der Waals surface area contributed by atoms with Gasteiger partial charge in [-0.2, -0.15) is 0 Å². The van der Waals surface area contributed by atoms with Gasteiger partial charge in [-0.25, -0.2) is 24.7 Å². The molecule has 0 fully saturated rings. The number of hydrogen-bond acceptors (Lipinski definition) is 8. The third-order valence-electron chi connectivity index (χ3n) is 3.77. The lowest BCUT2D eigenvalue weighted by Gasteiger charge is -2.12. The highest BCUT2D eigenvalue weighted by Gasteiger charge is 2.15. The Bertz CT molecular complexity index is 985. The van der Waals surface area contributed by atoms with E-state index >= 15 is 0 Å². The summed E-state index contributed by atoms with van der Waals surface area (Å²) in [6.07, 6.45) is 1.47. The summed E-state index contributed by atoms with van der Waals surface area (Å²) < 4.78 is 5.08. The van der Waals surface area contributed by atoms with Crippen molar-refractivity contribution >= 4 is 29.1 Å². The Morgan fingerprint density at radius 1 is 1.00 bits per heavy atom. The average Bonchev–Trinajstić information content (AvgIpc) is 2.61. The van der Waals surface area contributed by atoms with Crippen LogP contribution < -0.4 is 10.6 Å². The summed E-state index contributed by atoms with van der Waals surface area (Å²) in [4.78, 5) is 29.4. The summed E-state index contributed by atoms with van der Waals surface area (Å²) in [7, 11) is 0. The van der Waals surface area contributed by atoms with Crippen molar-refractivity contribution in [2.75, 3.05) is 17.2 Å². The van der Waals surface area contributed by atoms with E-state index in [9.17, 15) is 4.79 Å². The number of nitrogens with zero attached hydrogens (tertiary/aromatic N) is 4. The van der Waals surface area contributed by atoms with Crippen LogP contribution in [0.1, 0.15) is 34.5 Å². The summed E-state index contributed by atoms with van der Waals surface area (Å²) >= 11 is 0. The smallest absolute Gasteiger partial charge is 0.343 e. The van der Waals surface area contributed by atoms with Crippen molar-refractivity contribution in [3.63, 3.8) is 0 Å². The fourth-order valence-electron chi connectivity index (χ4n) is 2.65. The van der Waals surface area contributed by atoms with Crippen LogP contribution in [0.3, 0.4) is 0 Å². The molecular weight excluding hydrogens is 356 g/mol. The second kappa shape index (κ2) is 8.43. The van der Waals surface area contributed by atoms with E-state index in [1.54, 1.807) is 13.8 Å². The first-order chi connectivity index (χ1) is 13.4. The minimum atomic E-state index is -0.470. The molecule has 0 aliphatic carbocycles. The SMILES string of the molecule is CCOC(=O)c1cnc(C)nc1Nc1cccc(Nc2nc(C)cc(C)n2)c1. The monoisotopic (exact) mass is 378 g/mol. The maximum absolute atomic E-state index is 12.2. The normalized spacial score (nSPS) is 10.4. The van der Waals surface area contributed by atoms with Crippen LogP contribution in [0.25, 0.3) is 0 Å². The molecule has 2 heterocycles. The predicted octanol–water partition coefficient (Wildman–Crippen LogP) is 3.86. The van der Waals surface area contributed by atoms with Crippen LogP contribution in [0.5, 0.6) is 0 Å². The number of esters is 1. The topological polar surface area (TPSA) is 102 Å². The van der Waals surface area contributed by atoms with Gasteiger partial charge >= 0.3 is 5.97 Å². The van der Waals surface area contributed by atoms with Crippen molar-refractivity contribution in [3.8, 4) is 0 Å². The van der Waals surface area contributed by atoms with Crippen LogP contribution in [0.4, 0.5) is 23.1 Å². The Hall–Kier alpha value is -3.55. The number of carbonyl (C=O) groups is 1. The second-order valence-corrected chi connectivity index (χ2v) is 6.21. The van der Waals surface area contributed by atoms with Gasteiger partial charge in [-0.1, -0.05) is 6.07 Å². The van der Waals surface area contributed by atoms with Crippen LogP contribution in [-0.2, 0) is 4.74 Å². The Morgan fingerprint density at radius 2 is 1.68 bits per heavy atom. The van der Waals surface area contributed by atoms with Crippen molar-refractivity contribution in [2.45, 2.75) is 27.7 Å². The number of rotatable bonds is 6. The lowest BCUT2D eigenvalue weighted by Crippen LogP contribution is -2.11. The van der Waals surface area contributed by atoms with Crippen molar-refractivity contribution in [1.29, 1.82) is 0 Å². The van der Waals surface area contributed by atoms with Crippen molar-refractivity contribution < 1.29 is 9.53 Å². The molecule has 2 aromatic heterocycles. The van der Waals surface area contributed by atoms with Crippen molar-refractivity contribution in [3.05, 3.63) is 59.3 Å². The zero-order chi connectivity index (χ0) is 20.1. The lowest BCUT2D eigenvalue weighted by molar-refractivity contribution is 0.0526. The number of hydrogen-bond donors (Lipinski definition) is 2. The summed E-state index contributed by atoms with van der Waals surface area (Å²) in [6.45, 7) is 7.64. The largest absolute Gasteiger partial charge is 0.462 e. The molecule has 2 N–H and O–H groups in total. The predicted molar refractivity (Wildman–Crippen MR) is 107 cm³/mol. The molecule has 0 saturated heterocycles. The highest BCUT2D eigenvalue weighted by Crippen LogP contribution is 2.23. The minimum Gasteiger partial charge on any atom is -0.462 e. The minimum absolute atomic E-state index is 0.279. The van der Waals surface area contributed by atoms with E-state index in [0.29, 0.717) is 17.6 Å². The third-order valence-corrected chi connectivity index (χ3v) is 3.77. The molecule has 0 spiro atoms. The quantitative estimate of drug-likeness (QED) is 0.624. The standard InChI is InChI=1S/C20H22N6O2/c1-5-28-19(27)17-11-21-14(4)24-18(17)25-15-7-6-8-16(10-15)26-20-22-12(2)9-13(3)23-20/h6-11H,5H2,1-4H3,(H,21,24,25)(H,22,23,26). The molecule has 28 heavy (non-hydrogen) atoms. The molecule has 0 aliphatic heterocycles. The third kappa shape index (κ3) is 4.79. The molecule has 0 saturated carbocycles. The number of aromatic nitrogens is 4. The fourth-order valence-corrected chi connectivity index (χ4v) is 2.65. The lowest BCUT2D eigenvalue weighted by atomic mass is 10.2. The Balaban J connectivity index is 1.85. The molecule has 144 valence electrons. The molecule has 1 aromatic carbocycles. The summed E-state index contributed by atoms with van der Waals surface area (Å²) in [5.41, 5.74) is 3.61. The highest BCUT2D eigenvalue weighted by atomic mass is 16.5. The first-order valence-electron chi connectivity index (χ1n) is 8.91. The molecule has 0 atom stereocenters. The molecule has 3 aromatic rings.